The number of hydrogen-bond donors (Lipinski definition) is 1. The van der Waals surface area contributed by atoms with Gasteiger partial charge in [-0.25, -0.2) is 4.79 Å². The minimum atomic E-state index is -1.01. The molecule has 0 amide bonds. The van der Waals surface area contributed by atoms with E-state index in [2.05, 4.69) is 50.7 Å². The van der Waals surface area contributed by atoms with Crippen molar-refractivity contribution < 1.29 is 24.2 Å². The van der Waals surface area contributed by atoms with Gasteiger partial charge in [-0.2, -0.15) is 0 Å². The summed E-state index contributed by atoms with van der Waals surface area (Å²) < 4.78 is 9.62. The van der Waals surface area contributed by atoms with Crippen LogP contribution in [0.5, 0.6) is 0 Å². The first-order valence-corrected chi connectivity index (χ1v) is 10.7. The maximum Gasteiger partial charge on any atom is 0.330 e. The lowest BCUT2D eigenvalue weighted by Gasteiger charge is -2.10. The fourth-order valence-electron chi connectivity index (χ4n) is 2.64. The molecule has 0 radical (unpaired) electrons. The molecular formula is C25H40O5. The van der Waals surface area contributed by atoms with Crippen molar-refractivity contribution in [3.05, 3.63) is 46.6 Å². The van der Waals surface area contributed by atoms with E-state index in [9.17, 15) is 14.7 Å². The van der Waals surface area contributed by atoms with Gasteiger partial charge in [-0.15, -0.1) is 0 Å². The molecule has 30 heavy (non-hydrogen) atoms. The van der Waals surface area contributed by atoms with E-state index in [4.69, 9.17) is 4.74 Å². The van der Waals surface area contributed by atoms with E-state index < -0.39 is 18.0 Å². The molecule has 5 nitrogen and oxygen atoms in total. The molecule has 0 aromatic heterocycles. The van der Waals surface area contributed by atoms with Gasteiger partial charge < -0.3 is 14.6 Å². The molecule has 170 valence electrons. The largest absolute Gasteiger partial charge is 0.463 e. The van der Waals surface area contributed by atoms with Crippen molar-refractivity contribution in [2.24, 2.45) is 0 Å². The Morgan fingerprint density at radius 2 is 1.20 bits per heavy atom. The molecule has 0 aromatic rings. The van der Waals surface area contributed by atoms with Crippen molar-refractivity contribution in [2.45, 2.75) is 86.2 Å². The Kier molecular flexibility index (Phi) is 15.4. The summed E-state index contributed by atoms with van der Waals surface area (Å²) in [6.07, 6.45) is 13.2. The Balaban J connectivity index is 4.14. The van der Waals surface area contributed by atoms with Gasteiger partial charge in [0.25, 0.3) is 0 Å². The first-order valence-electron chi connectivity index (χ1n) is 10.7. The van der Waals surface area contributed by atoms with Crippen molar-refractivity contribution in [3.8, 4) is 0 Å². The van der Waals surface area contributed by atoms with E-state index >= 15 is 0 Å². The van der Waals surface area contributed by atoms with Crippen molar-refractivity contribution in [1.29, 1.82) is 0 Å². The second-order valence-electron chi connectivity index (χ2n) is 8.08. The molecule has 0 aliphatic heterocycles. The number of aliphatic hydroxyl groups is 1. The summed E-state index contributed by atoms with van der Waals surface area (Å²) >= 11 is 0. The van der Waals surface area contributed by atoms with E-state index in [0.717, 1.165) is 44.1 Å². The van der Waals surface area contributed by atoms with Crippen LogP contribution >= 0.6 is 0 Å². The number of esters is 2. The molecule has 0 rings (SSSR count). The van der Waals surface area contributed by atoms with Crippen molar-refractivity contribution in [3.63, 3.8) is 0 Å². The summed E-state index contributed by atoms with van der Waals surface area (Å²) in [6.45, 7) is 11.4. The van der Waals surface area contributed by atoms with Crippen LogP contribution in [-0.4, -0.2) is 36.4 Å². The minimum Gasteiger partial charge on any atom is -0.463 e. The smallest absolute Gasteiger partial charge is 0.330 e. The maximum atomic E-state index is 11.8. The van der Waals surface area contributed by atoms with Gasteiger partial charge in [0, 0.05) is 13.0 Å². The number of hydrogen-bond acceptors (Lipinski definition) is 5. The number of carbonyl (C=O) groups excluding carboxylic acids is 2. The highest BCUT2D eigenvalue weighted by Gasteiger charge is 2.09. The van der Waals surface area contributed by atoms with Gasteiger partial charge in [0.15, 0.2) is 0 Å². The highest BCUT2D eigenvalue weighted by Crippen LogP contribution is 2.13. The summed E-state index contributed by atoms with van der Waals surface area (Å²) in [5.74, 6) is -0.978. The number of carbonyl (C=O) groups is 2. The molecule has 5 heteroatoms. The molecule has 0 aromatic carbocycles. The normalized spacial score (nSPS) is 13.6. The molecule has 0 spiro atoms. The number of rotatable bonds is 14. The Bertz CT molecular complexity index is 648. The van der Waals surface area contributed by atoms with Crippen LogP contribution in [0.2, 0.25) is 0 Å². The second kappa shape index (κ2) is 16.6. The first-order chi connectivity index (χ1) is 14.1. The molecule has 0 saturated heterocycles. The minimum absolute atomic E-state index is 0.181. The third-order valence-electron chi connectivity index (χ3n) is 4.42. The number of ether oxygens (including phenoxy) is 2. The van der Waals surface area contributed by atoms with Gasteiger partial charge in [-0.3, -0.25) is 4.79 Å². The molecule has 0 saturated carbocycles. The topological polar surface area (TPSA) is 72.8 Å². The van der Waals surface area contributed by atoms with E-state index in [0.29, 0.717) is 0 Å². The van der Waals surface area contributed by atoms with E-state index in [1.165, 1.54) is 29.7 Å². The Morgan fingerprint density at radius 1 is 0.733 bits per heavy atom. The van der Waals surface area contributed by atoms with Crippen LogP contribution in [0, 0.1) is 0 Å². The summed E-state index contributed by atoms with van der Waals surface area (Å²) in [4.78, 5) is 22.4. The fraction of sp³-hybridized carbons (Fsp3) is 0.600. The van der Waals surface area contributed by atoms with Crippen LogP contribution < -0.4 is 0 Å². The zero-order valence-corrected chi connectivity index (χ0v) is 19.6. The standard InChI is InChI=1S/C25H40O5/c1-19(2)10-7-11-20(3)12-8-13-21(4)14-9-15-22(5)16-25(28)30-18-24(27)17-29-23(6)26/h10,12,14,16,24,27H,7-9,11,13,15,17-18H2,1-6H3/b20-12+,21-14+,22-16+/t24-/m0/s1/i5+1,22+1. The molecule has 1 atom stereocenters. The first kappa shape index (κ1) is 27.9. The van der Waals surface area contributed by atoms with Crippen LogP contribution in [0.4, 0.5) is 0 Å². The predicted molar refractivity (Wildman–Crippen MR) is 122 cm³/mol. The van der Waals surface area contributed by atoms with E-state index in [1.54, 1.807) is 0 Å². The van der Waals surface area contributed by atoms with Crippen molar-refractivity contribution in [2.75, 3.05) is 13.2 Å². The highest BCUT2D eigenvalue weighted by atomic mass is 16.6. The predicted octanol–water partition coefficient (Wildman–Crippen LogP) is 5.60. The maximum absolute atomic E-state index is 11.8. The summed E-state index contributed by atoms with van der Waals surface area (Å²) in [5, 5.41) is 9.56. The van der Waals surface area contributed by atoms with Crippen LogP contribution in [0.25, 0.3) is 0 Å². The zero-order valence-electron chi connectivity index (χ0n) is 19.6. The van der Waals surface area contributed by atoms with Crippen LogP contribution in [0.3, 0.4) is 0 Å². The van der Waals surface area contributed by atoms with Gasteiger partial charge in [-0.1, -0.05) is 40.5 Å². The summed E-state index contributed by atoms with van der Waals surface area (Å²) in [7, 11) is 0. The Morgan fingerprint density at radius 3 is 1.70 bits per heavy atom. The lowest BCUT2D eigenvalue weighted by Crippen LogP contribution is -2.24. The SMILES string of the molecule is CC(=O)OC[C@H](O)COC(=O)/C=[13C](\[13CH3])CC/C=C(\C)CC/C=C(\C)CCC=C(C)C. The van der Waals surface area contributed by atoms with Crippen molar-refractivity contribution in [1.82, 2.24) is 0 Å². The van der Waals surface area contributed by atoms with Crippen molar-refractivity contribution >= 4 is 11.9 Å². The summed E-state index contributed by atoms with van der Waals surface area (Å²) in [5.41, 5.74) is 5.09. The van der Waals surface area contributed by atoms with E-state index in [1.807, 2.05) is 6.92 Å². The molecule has 0 heterocycles. The number of aliphatic hydroxyl groups excluding tert-OH is 1. The lowest BCUT2D eigenvalue weighted by atomic mass is 10.1. The van der Waals surface area contributed by atoms with Gasteiger partial charge in [-0.05, 0) is 73.1 Å². The van der Waals surface area contributed by atoms with Crippen LogP contribution in [-0.2, 0) is 19.1 Å². The van der Waals surface area contributed by atoms with Crippen LogP contribution in [0.15, 0.2) is 46.6 Å². The zero-order chi connectivity index (χ0) is 22.9. The molecule has 0 aliphatic rings. The summed E-state index contributed by atoms with van der Waals surface area (Å²) in [6, 6.07) is 0. The van der Waals surface area contributed by atoms with Gasteiger partial charge in [0.2, 0.25) is 0 Å². The highest BCUT2D eigenvalue weighted by molar-refractivity contribution is 5.82. The quantitative estimate of drug-likeness (QED) is 0.171. The monoisotopic (exact) mass is 422 g/mol. The molecule has 0 aliphatic carbocycles. The average Bonchev–Trinajstić information content (AvgIpc) is 2.64. The Hall–Kier alpha value is -2.14. The number of allylic oxidation sites excluding steroid dienone is 7. The van der Waals surface area contributed by atoms with Gasteiger partial charge in [0.05, 0.1) is 0 Å². The lowest BCUT2D eigenvalue weighted by molar-refractivity contribution is -0.148. The molecule has 1 N–H and O–H groups in total. The molecular weight excluding hydrogens is 382 g/mol. The van der Waals surface area contributed by atoms with Crippen LogP contribution in [0.1, 0.15) is 80.1 Å². The third-order valence-corrected chi connectivity index (χ3v) is 4.42. The fourth-order valence-corrected chi connectivity index (χ4v) is 2.64. The molecule has 0 fully saturated rings. The second-order valence-corrected chi connectivity index (χ2v) is 8.08. The molecule has 0 unspecified atom stereocenters. The average molecular weight is 423 g/mol. The van der Waals surface area contributed by atoms with Gasteiger partial charge in [0.1, 0.15) is 19.3 Å². The molecule has 0 bridgehead atoms. The Labute approximate surface area is 182 Å². The van der Waals surface area contributed by atoms with Gasteiger partial charge >= 0.3 is 11.9 Å². The van der Waals surface area contributed by atoms with E-state index in [-0.39, 0.29) is 13.2 Å². The third kappa shape index (κ3) is 17.9.